The second kappa shape index (κ2) is 6.58. The number of rotatable bonds is 3. The summed E-state index contributed by atoms with van der Waals surface area (Å²) >= 11 is 3.28. The number of piperidine rings is 1. The van der Waals surface area contributed by atoms with Gasteiger partial charge in [0.25, 0.3) is 0 Å². The summed E-state index contributed by atoms with van der Waals surface area (Å²) in [7, 11) is 0. The van der Waals surface area contributed by atoms with Crippen molar-refractivity contribution in [2.45, 2.75) is 38.5 Å². The molecule has 0 amide bonds. The molecule has 7 heteroatoms. The molecule has 1 fully saturated rings. The first-order chi connectivity index (χ1) is 10.2. The highest BCUT2D eigenvalue weighted by Crippen LogP contribution is 2.33. The fourth-order valence-electron chi connectivity index (χ4n) is 2.69. The van der Waals surface area contributed by atoms with Gasteiger partial charge < -0.3 is 5.11 Å². The lowest BCUT2D eigenvalue weighted by atomic mass is 9.93. The molecule has 0 spiro atoms. The Morgan fingerprint density at radius 1 is 1.41 bits per heavy atom. The molecule has 0 radical (unpaired) electrons. The van der Waals surface area contributed by atoms with Crippen molar-refractivity contribution in [3.05, 3.63) is 33.8 Å². The molecule has 2 atom stereocenters. The van der Waals surface area contributed by atoms with E-state index in [1.54, 1.807) is 0 Å². The predicted octanol–water partition coefficient (Wildman–Crippen LogP) is 4.15. The van der Waals surface area contributed by atoms with E-state index in [1.807, 2.05) is 11.8 Å². The molecule has 3 nitrogen and oxygen atoms in total. The summed E-state index contributed by atoms with van der Waals surface area (Å²) in [6.07, 6.45) is -3.04. The molecule has 1 aromatic rings. The lowest BCUT2D eigenvalue weighted by Gasteiger charge is -2.36. The molecule has 0 bridgehead atoms. The minimum absolute atomic E-state index is 0.150. The quantitative estimate of drug-likeness (QED) is 0.857. The Morgan fingerprint density at radius 2 is 2.09 bits per heavy atom. The maximum Gasteiger partial charge on any atom is 0.416 e. The highest BCUT2D eigenvalue weighted by atomic mass is 79.9. The zero-order valence-corrected chi connectivity index (χ0v) is 13.6. The molecule has 1 aliphatic heterocycles. The van der Waals surface area contributed by atoms with Crippen LogP contribution in [0.5, 0.6) is 0 Å². The minimum atomic E-state index is -4.38. The van der Waals surface area contributed by atoms with Gasteiger partial charge in [0.15, 0.2) is 0 Å². The number of benzene rings is 1. The first-order valence-electron chi connectivity index (χ1n) is 7.01. The van der Waals surface area contributed by atoms with E-state index < -0.39 is 23.6 Å². The maximum absolute atomic E-state index is 12.8. The number of aliphatic carboxylic acids is 1. The standard InChI is InChI=1S/C15H17BrF3NO2/c1-9-2-3-10(14(21)22)7-20(9)8-11-6-12(15(17,18)19)4-5-13(11)16/h4-6,9-10H,2-3,7-8H2,1H3,(H,21,22). The summed E-state index contributed by atoms with van der Waals surface area (Å²) in [5.41, 5.74) is -0.169. The molecule has 1 aliphatic rings. The molecule has 1 N–H and O–H groups in total. The van der Waals surface area contributed by atoms with E-state index in [9.17, 15) is 18.0 Å². The first-order valence-corrected chi connectivity index (χ1v) is 7.80. The third kappa shape index (κ3) is 4.01. The zero-order chi connectivity index (χ0) is 16.5. The molecule has 2 rings (SSSR count). The fourth-order valence-corrected chi connectivity index (χ4v) is 3.06. The Labute approximate surface area is 135 Å². The van der Waals surface area contributed by atoms with Gasteiger partial charge in [0.2, 0.25) is 0 Å². The number of likely N-dealkylation sites (tertiary alicyclic amines) is 1. The lowest BCUT2D eigenvalue weighted by molar-refractivity contribution is -0.144. The highest BCUT2D eigenvalue weighted by molar-refractivity contribution is 9.10. The number of carbonyl (C=O) groups is 1. The summed E-state index contributed by atoms with van der Waals surface area (Å²) < 4.78 is 39.1. The minimum Gasteiger partial charge on any atom is -0.481 e. The fraction of sp³-hybridized carbons (Fsp3) is 0.533. The van der Waals surface area contributed by atoms with Gasteiger partial charge in [-0.3, -0.25) is 9.69 Å². The Hall–Kier alpha value is -1.08. The molecule has 22 heavy (non-hydrogen) atoms. The summed E-state index contributed by atoms with van der Waals surface area (Å²) in [4.78, 5) is 13.1. The second-order valence-corrected chi connectivity index (χ2v) is 6.55. The Morgan fingerprint density at radius 3 is 2.68 bits per heavy atom. The van der Waals surface area contributed by atoms with Crippen LogP contribution in [0.1, 0.15) is 30.9 Å². The highest BCUT2D eigenvalue weighted by Gasteiger charge is 2.32. The number of halogens is 4. The van der Waals surface area contributed by atoms with Crippen molar-refractivity contribution in [3.63, 3.8) is 0 Å². The van der Waals surface area contributed by atoms with Gasteiger partial charge in [-0.05, 0) is 43.5 Å². The molecular weight excluding hydrogens is 363 g/mol. The van der Waals surface area contributed by atoms with Crippen molar-refractivity contribution in [1.82, 2.24) is 4.90 Å². The Kier molecular flexibility index (Phi) is 5.17. The molecule has 1 saturated heterocycles. The van der Waals surface area contributed by atoms with Crippen molar-refractivity contribution in [3.8, 4) is 0 Å². The van der Waals surface area contributed by atoms with Gasteiger partial charge in [-0.15, -0.1) is 0 Å². The molecule has 1 heterocycles. The summed E-state index contributed by atoms with van der Waals surface area (Å²) in [6, 6.07) is 3.70. The largest absolute Gasteiger partial charge is 0.481 e. The van der Waals surface area contributed by atoms with Crippen LogP contribution in [-0.2, 0) is 17.5 Å². The Balaban J connectivity index is 2.20. The third-order valence-corrected chi connectivity index (χ3v) is 4.88. The SMILES string of the molecule is CC1CCC(C(=O)O)CN1Cc1cc(C(F)(F)F)ccc1Br. The predicted molar refractivity (Wildman–Crippen MR) is 79.4 cm³/mol. The van der Waals surface area contributed by atoms with E-state index in [4.69, 9.17) is 5.11 Å². The van der Waals surface area contributed by atoms with Crippen LogP contribution in [0.15, 0.2) is 22.7 Å². The average Bonchev–Trinajstić information content (AvgIpc) is 2.42. The van der Waals surface area contributed by atoms with Crippen molar-refractivity contribution < 1.29 is 23.1 Å². The van der Waals surface area contributed by atoms with Crippen LogP contribution in [0.4, 0.5) is 13.2 Å². The maximum atomic E-state index is 12.8. The van der Waals surface area contributed by atoms with Gasteiger partial charge in [-0.1, -0.05) is 15.9 Å². The number of carboxylic acid groups (broad SMARTS) is 1. The zero-order valence-electron chi connectivity index (χ0n) is 12.0. The molecule has 122 valence electrons. The van der Waals surface area contributed by atoms with E-state index in [1.165, 1.54) is 6.07 Å². The first kappa shape index (κ1) is 17.3. The number of carboxylic acids is 1. The van der Waals surface area contributed by atoms with Crippen molar-refractivity contribution in [1.29, 1.82) is 0 Å². The van der Waals surface area contributed by atoms with Crippen molar-refractivity contribution in [2.75, 3.05) is 6.54 Å². The number of nitrogens with zero attached hydrogens (tertiary/aromatic N) is 1. The molecule has 1 aromatic carbocycles. The topological polar surface area (TPSA) is 40.5 Å². The number of hydrogen-bond donors (Lipinski definition) is 1. The second-order valence-electron chi connectivity index (χ2n) is 5.69. The van der Waals surface area contributed by atoms with Crippen LogP contribution in [0.2, 0.25) is 0 Å². The van der Waals surface area contributed by atoms with E-state index in [0.717, 1.165) is 18.6 Å². The van der Waals surface area contributed by atoms with Crippen LogP contribution in [-0.4, -0.2) is 28.6 Å². The van der Waals surface area contributed by atoms with Gasteiger partial charge in [-0.2, -0.15) is 13.2 Å². The van der Waals surface area contributed by atoms with Gasteiger partial charge >= 0.3 is 12.1 Å². The third-order valence-electron chi connectivity index (χ3n) is 4.11. The van der Waals surface area contributed by atoms with E-state index in [2.05, 4.69) is 15.9 Å². The molecule has 0 saturated carbocycles. The van der Waals surface area contributed by atoms with Gasteiger partial charge in [0.1, 0.15) is 0 Å². The van der Waals surface area contributed by atoms with E-state index in [0.29, 0.717) is 29.5 Å². The molecule has 0 aromatic heterocycles. The number of alkyl halides is 3. The monoisotopic (exact) mass is 379 g/mol. The summed E-state index contributed by atoms with van der Waals surface area (Å²) in [5.74, 6) is -1.30. The molecule has 2 unspecified atom stereocenters. The molecule has 0 aliphatic carbocycles. The van der Waals surface area contributed by atoms with Crippen LogP contribution in [0.3, 0.4) is 0 Å². The normalized spacial score (nSPS) is 23.5. The Bertz CT molecular complexity index is 562. The van der Waals surface area contributed by atoms with Crippen LogP contribution in [0, 0.1) is 5.92 Å². The smallest absolute Gasteiger partial charge is 0.416 e. The van der Waals surface area contributed by atoms with Gasteiger partial charge in [-0.25, -0.2) is 0 Å². The number of hydrogen-bond acceptors (Lipinski definition) is 2. The van der Waals surface area contributed by atoms with Crippen LogP contribution in [0.25, 0.3) is 0 Å². The van der Waals surface area contributed by atoms with Crippen LogP contribution >= 0.6 is 15.9 Å². The van der Waals surface area contributed by atoms with E-state index >= 15 is 0 Å². The van der Waals surface area contributed by atoms with Crippen LogP contribution < -0.4 is 0 Å². The van der Waals surface area contributed by atoms with Crippen molar-refractivity contribution in [2.24, 2.45) is 5.92 Å². The lowest BCUT2D eigenvalue weighted by Crippen LogP contribution is -2.43. The van der Waals surface area contributed by atoms with Gasteiger partial charge in [0, 0.05) is 23.6 Å². The van der Waals surface area contributed by atoms with Crippen molar-refractivity contribution >= 4 is 21.9 Å². The summed E-state index contributed by atoms with van der Waals surface area (Å²) in [5, 5.41) is 9.13. The van der Waals surface area contributed by atoms with E-state index in [-0.39, 0.29) is 6.04 Å². The molecular formula is C15H17BrF3NO2. The average molecular weight is 380 g/mol. The van der Waals surface area contributed by atoms with Gasteiger partial charge in [0.05, 0.1) is 11.5 Å². The summed E-state index contributed by atoms with van der Waals surface area (Å²) in [6.45, 7) is 2.63.